The Morgan fingerprint density at radius 3 is 2.62 bits per heavy atom. The molecule has 1 aromatic rings. The molecule has 1 aliphatic rings. The number of aryl methyl sites for hydroxylation is 1. The summed E-state index contributed by atoms with van der Waals surface area (Å²) in [6, 6.07) is 7.01. The third-order valence-corrected chi connectivity index (χ3v) is 3.79. The van der Waals surface area contributed by atoms with Crippen molar-refractivity contribution in [2.45, 2.75) is 38.8 Å². The van der Waals surface area contributed by atoms with Gasteiger partial charge in [0.25, 0.3) is 0 Å². The lowest BCUT2D eigenvalue weighted by atomic mass is 9.88. The van der Waals surface area contributed by atoms with Gasteiger partial charge in [0, 0.05) is 6.61 Å². The van der Waals surface area contributed by atoms with Gasteiger partial charge in [-0.1, -0.05) is 29.8 Å². The predicted molar refractivity (Wildman–Crippen MR) is 77.8 cm³/mol. The Bertz CT molecular complexity index is 512. The molecule has 0 saturated carbocycles. The van der Waals surface area contributed by atoms with Crippen molar-refractivity contribution in [3.63, 3.8) is 0 Å². The molecule has 1 fully saturated rings. The zero-order valence-corrected chi connectivity index (χ0v) is 12.3. The van der Waals surface area contributed by atoms with Crippen molar-refractivity contribution < 1.29 is 19.4 Å². The number of amides is 1. The Labute approximate surface area is 124 Å². The highest BCUT2D eigenvalue weighted by Crippen LogP contribution is 2.34. The molecule has 3 atom stereocenters. The van der Waals surface area contributed by atoms with Crippen LogP contribution in [0.4, 0.5) is 0 Å². The lowest BCUT2D eigenvalue weighted by Crippen LogP contribution is -2.44. The van der Waals surface area contributed by atoms with Crippen molar-refractivity contribution >= 4 is 11.9 Å². The van der Waals surface area contributed by atoms with Gasteiger partial charge in [0.2, 0.25) is 5.91 Å². The van der Waals surface area contributed by atoms with E-state index in [1.54, 1.807) is 0 Å². The minimum Gasteiger partial charge on any atom is -0.480 e. The zero-order chi connectivity index (χ0) is 15.4. The van der Waals surface area contributed by atoms with E-state index in [0.717, 1.165) is 17.5 Å². The highest BCUT2D eigenvalue weighted by molar-refractivity contribution is 5.85. The monoisotopic (exact) mass is 291 g/mol. The zero-order valence-electron chi connectivity index (χ0n) is 12.3. The number of rotatable bonds is 4. The number of carbonyl (C=O) groups excluding carboxylic acids is 1. The molecule has 0 aliphatic carbocycles. The van der Waals surface area contributed by atoms with E-state index in [4.69, 9.17) is 9.84 Å². The summed E-state index contributed by atoms with van der Waals surface area (Å²) in [5.74, 6) is -1.63. The average Bonchev–Trinajstić information content (AvgIpc) is 2.48. The largest absolute Gasteiger partial charge is 0.480 e. The quantitative estimate of drug-likeness (QED) is 0.890. The maximum atomic E-state index is 12.3. The predicted octanol–water partition coefficient (Wildman–Crippen LogP) is 2.05. The van der Waals surface area contributed by atoms with Gasteiger partial charge in [-0.05, 0) is 32.3 Å². The van der Waals surface area contributed by atoms with Crippen LogP contribution in [0.5, 0.6) is 0 Å². The first-order valence-electron chi connectivity index (χ1n) is 7.20. The number of carboxylic acid groups (broad SMARTS) is 1. The van der Waals surface area contributed by atoms with E-state index in [-0.39, 0.29) is 17.9 Å². The highest BCUT2D eigenvalue weighted by atomic mass is 16.5. The van der Waals surface area contributed by atoms with Crippen LogP contribution in [0.3, 0.4) is 0 Å². The Morgan fingerprint density at radius 1 is 1.33 bits per heavy atom. The molecule has 1 amide bonds. The van der Waals surface area contributed by atoms with E-state index in [1.807, 2.05) is 31.2 Å². The molecule has 0 aromatic heterocycles. The smallest absolute Gasteiger partial charge is 0.325 e. The fraction of sp³-hybridized carbons (Fsp3) is 0.500. The summed E-state index contributed by atoms with van der Waals surface area (Å²) in [6.07, 6.45) is 1.21. The minimum absolute atomic E-state index is 0.254. The topological polar surface area (TPSA) is 75.6 Å². The van der Waals surface area contributed by atoms with Gasteiger partial charge in [0.1, 0.15) is 6.04 Å². The molecule has 5 nitrogen and oxygen atoms in total. The molecule has 0 spiro atoms. The van der Waals surface area contributed by atoms with E-state index < -0.39 is 12.0 Å². The second-order valence-corrected chi connectivity index (χ2v) is 5.52. The third-order valence-electron chi connectivity index (χ3n) is 3.79. The molecule has 0 radical (unpaired) electrons. The SMILES string of the molecule is Cc1ccc(C2OCCCC2C(=O)N[C@@H](C)C(=O)O)cc1. The first kappa shape index (κ1) is 15.5. The van der Waals surface area contributed by atoms with E-state index in [9.17, 15) is 9.59 Å². The summed E-state index contributed by atoms with van der Waals surface area (Å²) in [5.41, 5.74) is 2.11. The fourth-order valence-electron chi connectivity index (χ4n) is 2.52. The van der Waals surface area contributed by atoms with Crippen molar-refractivity contribution in [1.82, 2.24) is 5.32 Å². The summed E-state index contributed by atoms with van der Waals surface area (Å²) < 4.78 is 5.77. The molecule has 1 saturated heterocycles. The van der Waals surface area contributed by atoms with Crippen LogP contribution in [0.2, 0.25) is 0 Å². The first-order chi connectivity index (χ1) is 9.99. The molecular weight excluding hydrogens is 270 g/mol. The molecular formula is C16H21NO4. The molecule has 1 heterocycles. The molecule has 2 N–H and O–H groups in total. The van der Waals surface area contributed by atoms with Crippen molar-refractivity contribution in [3.05, 3.63) is 35.4 Å². The van der Waals surface area contributed by atoms with Crippen molar-refractivity contribution in [2.24, 2.45) is 5.92 Å². The number of nitrogens with one attached hydrogen (secondary N) is 1. The molecule has 1 aromatic carbocycles. The third kappa shape index (κ3) is 3.82. The van der Waals surface area contributed by atoms with E-state index in [1.165, 1.54) is 6.92 Å². The maximum absolute atomic E-state index is 12.3. The number of hydrogen-bond donors (Lipinski definition) is 2. The van der Waals surface area contributed by atoms with E-state index in [2.05, 4.69) is 5.32 Å². The molecule has 1 aliphatic heterocycles. The van der Waals surface area contributed by atoms with Crippen molar-refractivity contribution in [1.29, 1.82) is 0 Å². The number of benzene rings is 1. The average molecular weight is 291 g/mol. The van der Waals surface area contributed by atoms with Crippen LogP contribution in [0.25, 0.3) is 0 Å². The van der Waals surface area contributed by atoms with Gasteiger partial charge in [-0.25, -0.2) is 0 Å². The first-order valence-corrected chi connectivity index (χ1v) is 7.20. The van der Waals surface area contributed by atoms with Gasteiger partial charge in [0.15, 0.2) is 0 Å². The standard InChI is InChI=1S/C16H21NO4/c1-10-5-7-12(8-6-10)14-13(4-3-9-21-14)15(18)17-11(2)16(19)20/h5-8,11,13-14H,3-4,9H2,1-2H3,(H,17,18)(H,19,20)/t11-,13?,14?/m0/s1. The Morgan fingerprint density at radius 2 is 2.00 bits per heavy atom. The second-order valence-electron chi connectivity index (χ2n) is 5.52. The van der Waals surface area contributed by atoms with Gasteiger partial charge < -0.3 is 15.2 Å². The lowest BCUT2D eigenvalue weighted by Gasteiger charge is -2.31. The summed E-state index contributed by atoms with van der Waals surface area (Å²) >= 11 is 0. The number of hydrogen-bond acceptors (Lipinski definition) is 3. The minimum atomic E-state index is -1.04. The normalized spacial score (nSPS) is 23.3. The lowest BCUT2D eigenvalue weighted by molar-refractivity contribution is -0.144. The number of aliphatic carboxylic acids is 1. The summed E-state index contributed by atoms with van der Waals surface area (Å²) in [4.78, 5) is 23.2. The van der Waals surface area contributed by atoms with Crippen LogP contribution < -0.4 is 5.32 Å². The van der Waals surface area contributed by atoms with Gasteiger partial charge in [-0.2, -0.15) is 0 Å². The van der Waals surface area contributed by atoms with Crippen LogP contribution in [-0.4, -0.2) is 29.6 Å². The number of ether oxygens (including phenoxy) is 1. The number of carbonyl (C=O) groups is 2. The molecule has 2 rings (SSSR count). The summed E-state index contributed by atoms with van der Waals surface area (Å²) in [5, 5.41) is 11.4. The van der Waals surface area contributed by atoms with E-state index >= 15 is 0 Å². The second kappa shape index (κ2) is 6.72. The van der Waals surface area contributed by atoms with Gasteiger partial charge in [-0.15, -0.1) is 0 Å². The van der Waals surface area contributed by atoms with Gasteiger partial charge >= 0.3 is 5.97 Å². The van der Waals surface area contributed by atoms with Gasteiger partial charge in [-0.3, -0.25) is 9.59 Å². The van der Waals surface area contributed by atoms with Crippen LogP contribution >= 0.6 is 0 Å². The Balaban J connectivity index is 2.13. The maximum Gasteiger partial charge on any atom is 0.325 e. The molecule has 5 heteroatoms. The highest BCUT2D eigenvalue weighted by Gasteiger charge is 2.34. The van der Waals surface area contributed by atoms with Gasteiger partial charge in [0.05, 0.1) is 12.0 Å². The van der Waals surface area contributed by atoms with Crippen LogP contribution in [-0.2, 0) is 14.3 Å². The number of carboxylic acids is 1. The Hall–Kier alpha value is -1.88. The summed E-state index contributed by atoms with van der Waals surface area (Å²) in [6.45, 7) is 4.09. The van der Waals surface area contributed by atoms with Crippen molar-refractivity contribution in [2.75, 3.05) is 6.61 Å². The van der Waals surface area contributed by atoms with Crippen LogP contribution in [0.1, 0.15) is 37.0 Å². The van der Waals surface area contributed by atoms with E-state index in [0.29, 0.717) is 13.0 Å². The fourth-order valence-corrected chi connectivity index (χ4v) is 2.52. The molecule has 114 valence electrons. The van der Waals surface area contributed by atoms with Crippen molar-refractivity contribution in [3.8, 4) is 0 Å². The molecule has 2 unspecified atom stereocenters. The molecule has 0 bridgehead atoms. The summed E-state index contributed by atoms with van der Waals surface area (Å²) in [7, 11) is 0. The Kier molecular flexibility index (Phi) is 4.96. The van der Waals surface area contributed by atoms with Crippen LogP contribution in [0, 0.1) is 12.8 Å². The van der Waals surface area contributed by atoms with Crippen LogP contribution in [0.15, 0.2) is 24.3 Å². The molecule has 21 heavy (non-hydrogen) atoms.